The Morgan fingerprint density at radius 2 is 2.14 bits per heavy atom. The predicted octanol–water partition coefficient (Wildman–Crippen LogP) is 2.85. The van der Waals surface area contributed by atoms with Gasteiger partial charge in [-0.3, -0.25) is 24.3 Å². The van der Waals surface area contributed by atoms with Gasteiger partial charge in [0, 0.05) is 12.1 Å². The van der Waals surface area contributed by atoms with Crippen molar-refractivity contribution in [3.05, 3.63) is 73.8 Å². The Labute approximate surface area is 169 Å². The van der Waals surface area contributed by atoms with Crippen molar-refractivity contribution < 1.29 is 9.72 Å². The summed E-state index contributed by atoms with van der Waals surface area (Å²) in [5.41, 5.74) is 3.39. The van der Waals surface area contributed by atoms with Gasteiger partial charge in [0.2, 0.25) is 0 Å². The Bertz CT molecular complexity index is 1030. The minimum atomic E-state index is -0.505. The maximum Gasteiger partial charge on any atom is 0.306 e. The molecule has 146 valence electrons. The predicted molar refractivity (Wildman–Crippen MR) is 106 cm³/mol. The normalized spacial score (nSPS) is 10.8. The third-order valence-corrected chi connectivity index (χ3v) is 5.42. The second-order valence-corrected chi connectivity index (χ2v) is 7.11. The summed E-state index contributed by atoms with van der Waals surface area (Å²) in [7, 11) is 0. The highest BCUT2D eigenvalue weighted by molar-refractivity contribution is 9.10. The van der Waals surface area contributed by atoms with Crippen molar-refractivity contribution >= 4 is 27.5 Å². The molecule has 28 heavy (non-hydrogen) atoms. The first-order valence-electron chi connectivity index (χ1n) is 8.58. The first-order valence-corrected chi connectivity index (χ1v) is 9.38. The van der Waals surface area contributed by atoms with Gasteiger partial charge in [0.15, 0.2) is 0 Å². The fourth-order valence-corrected chi connectivity index (χ4v) is 3.05. The molecule has 2 aromatic heterocycles. The number of nitro groups is 1. The van der Waals surface area contributed by atoms with Gasteiger partial charge in [0.05, 0.1) is 33.9 Å². The fraction of sp³-hybridized carbons (Fsp3) is 0.278. The SMILES string of the molecule is Cc1nn(Cc2cccc(C(=O)NCCn3cc([N+](=O)[O-])cn3)c2)c(C)c1Br. The van der Waals surface area contributed by atoms with Crippen molar-refractivity contribution in [2.75, 3.05) is 6.54 Å². The third-order valence-electron chi connectivity index (χ3n) is 4.27. The van der Waals surface area contributed by atoms with Crippen LogP contribution in [0.25, 0.3) is 0 Å². The summed E-state index contributed by atoms with van der Waals surface area (Å²) < 4.78 is 4.30. The highest BCUT2D eigenvalue weighted by Gasteiger charge is 2.12. The van der Waals surface area contributed by atoms with E-state index in [4.69, 9.17) is 0 Å². The Morgan fingerprint density at radius 3 is 2.79 bits per heavy atom. The molecule has 3 rings (SSSR count). The summed E-state index contributed by atoms with van der Waals surface area (Å²) in [6, 6.07) is 7.36. The number of benzene rings is 1. The van der Waals surface area contributed by atoms with Crippen LogP contribution in [0.5, 0.6) is 0 Å². The van der Waals surface area contributed by atoms with E-state index in [9.17, 15) is 14.9 Å². The van der Waals surface area contributed by atoms with Gasteiger partial charge in [-0.1, -0.05) is 12.1 Å². The summed E-state index contributed by atoms with van der Waals surface area (Å²) in [5, 5.41) is 21.8. The number of carbonyl (C=O) groups is 1. The zero-order valence-corrected chi connectivity index (χ0v) is 17.0. The van der Waals surface area contributed by atoms with Crippen LogP contribution in [0.2, 0.25) is 0 Å². The lowest BCUT2D eigenvalue weighted by atomic mass is 10.1. The Kier molecular flexibility index (Phi) is 5.88. The third kappa shape index (κ3) is 4.45. The lowest BCUT2D eigenvalue weighted by Gasteiger charge is -2.08. The van der Waals surface area contributed by atoms with Crippen molar-refractivity contribution in [2.45, 2.75) is 26.9 Å². The number of hydrogen-bond donors (Lipinski definition) is 1. The lowest BCUT2D eigenvalue weighted by Crippen LogP contribution is -2.27. The van der Waals surface area contributed by atoms with Gasteiger partial charge in [-0.05, 0) is 47.5 Å². The van der Waals surface area contributed by atoms with E-state index in [0.29, 0.717) is 25.2 Å². The molecule has 1 aromatic carbocycles. The van der Waals surface area contributed by atoms with Crippen LogP contribution >= 0.6 is 15.9 Å². The highest BCUT2D eigenvalue weighted by Crippen LogP contribution is 2.20. The van der Waals surface area contributed by atoms with Crippen LogP contribution in [0.15, 0.2) is 41.1 Å². The molecule has 10 heteroatoms. The van der Waals surface area contributed by atoms with Crippen LogP contribution in [0.3, 0.4) is 0 Å². The zero-order chi connectivity index (χ0) is 20.3. The maximum absolute atomic E-state index is 12.4. The molecule has 3 aromatic rings. The molecule has 0 saturated heterocycles. The number of hydrogen-bond acceptors (Lipinski definition) is 5. The molecule has 0 atom stereocenters. The molecule has 9 nitrogen and oxygen atoms in total. The molecule has 0 aliphatic carbocycles. The summed E-state index contributed by atoms with van der Waals surface area (Å²) in [6.45, 7) is 5.15. The largest absolute Gasteiger partial charge is 0.350 e. The van der Waals surface area contributed by atoms with Crippen LogP contribution < -0.4 is 5.32 Å². The number of amides is 1. The average molecular weight is 447 g/mol. The van der Waals surface area contributed by atoms with E-state index < -0.39 is 4.92 Å². The van der Waals surface area contributed by atoms with Gasteiger partial charge in [0.1, 0.15) is 12.4 Å². The van der Waals surface area contributed by atoms with Gasteiger partial charge in [-0.15, -0.1) is 0 Å². The first kappa shape index (κ1) is 19.7. The molecule has 0 unspecified atom stereocenters. The smallest absolute Gasteiger partial charge is 0.306 e. The second kappa shape index (κ2) is 8.34. The summed E-state index contributed by atoms with van der Waals surface area (Å²) in [6.07, 6.45) is 2.52. The van der Waals surface area contributed by atoms with Crippen LogP contribution in [-0.2, 0) is 13.1 Å². The molecular weight excluding hydrogens is 428 g/mol. The molecule has 0 fully saturated rings. The molecule has 1 amide bonds. The molecule has 0 aliphatic rings. The standard InChI is InChI=1S/C18H19BrN6O3/c1-12-17(19)13(2)24(22-12)10-14-4-3-5-15(8-14)18(26)20-6-7-23-11-16(9-21-23)25(27)28/h3-5,8-9,11H,6-7,10H2,1-2H3,(H,20,26). The van der Waals surface area contributed by atoms with Gasteiger partial charge >= 0.3 is 5.69 Å². The Balaban J connectivity index is 1.60. The van der Waals surface area contributed by atoms with Gasteiger partial charge in [0.25, 0.3) is 5.91 Å². The number of aromatic nitrogens is 4. The van der Waals surface area contributed by atoms with Gasteiger partial charge < -0.3 is 5.32 Å². The second-order valence-electron chi connectivity index (χ2n) is 6.32. The minimum Gasteiger partial charge on any atom is -0.350 e. The summed E-state index contributed by atoms with van der Waals surface area (Å²) in [5.74, 6) is -0.210. The first-order chi connectivity index (χ1) is 13.3. The van der Waals surface area contributed by atoms with Crippen LogP contribution in [0.1, 0.15) is 27.3 Å². The summed E-state index contributed by atoms with van der Waals surface area (Å²) in [4.78, 5) is 22.6. The lowest BCUT2D eigenvalue weighted by molar-refractivity contribution is -0.385. The Hall–Kier alpha value is -3.01. The Morgan fingerprint density at radius 1 is 1.36 bits per heavy atom. The molecular formula is C18H19BrN6O3. The summed E-state index contributed by atoms with van der Waals surface area (Å²) >= 11 is 3.52. The molecule has 2 heterocycles. The maximum atomic E-state index is 12.4. The monoisotopic (exact) mass is 446 g/mol. The quantitative estimate of drug-likeness (QED) is 0.443. The number of rotatable bonds is 7. The molecule has 0 radical (unpaired) electrons. The van der Waals surface area contributed by atoms with Crippen molar-refractivity contribution in [3.8, 4) is 0 Å². The van der Waals surface area contributed by atoms with Gasteiger partial charge in [-0.2, -0.15) is 10.2 Å². The number of aryl methyl sites for hydroxylation is 1. The van der Waals surface area contributed by atoms with E-state index in [0.717, 1.165) is 21.4 Å². The number of nitrogens with one attached hydrogen (secondary N) is 1. The van der Waals surface area contributed by atoms with Crippen LogP contribution in [0.4, 0.5) is 5.69 Å². The number of carbonyl (C=O) groups excluding carboxylic acids is 1. The number of halogens is 1. The van der Waals surface area contributed by atoms with E-state index in [1.54, 1.807) is 6.07 Å². The zero-order valence-electron chi connectivity index (χ0n) is 15.4. The highest BCUT2D eigenvalue weighted by atomic mass is 79.9. The van der Waals surface area contributed by atoms with Crippen molar-refractivity contribution in [3.63, 3.8) is 0 Å². The molecule has 0 aliphatic heterocycles. The van der Waals surface area contributed by atoms with E-state index >= 15 is 0 Å². The van der Waals surface area contributed by atoms with Crippen LogP contribution in [-0.4, -0.2) is 36.9 Å². The van der Waals surface area contributed by atoms with E-state index in [2.05, 4.69) is 31.4 Å². The van der Waals surface area contributed by atoms with Crippen LogP contribution in [0, 0.1) is 24.0 Å². The van der Waals surface area contributed by atoms with E-state index in [1.165, 1.54) is 17.1 Å². The molecule has 0 spiro atoms. The minimum absolute atomic E-state index is 0.0742. The average Bonchev–Trinajstić information content (AvgIpc) is 3.23. The van der Waals surface area contributed by atoms with Crippen molar-refractivity contribution in [1.82, 2.24) is 24.9 Å². The van der Waals surface area contributed by atoms with Crippen molar-refractivity contribution in [2.24, 2.45) is 0 Å². The van der Waals surface area contributed by atoms with Crippen molar-refractivity contribution in [1.29, 1.82) is 0 Å². The molecule has 0 bridgehead atoms. The molecule has 1 N–H and O–H groups in total. The number of nitrogens with zero attached hydrogens (tertiary/aromatic N) is 5. The van der Waals surface area contributed by atoms with Gasteiger partial charge in [-0.25, -0.2) is 0 Å². The topological polar surface area (TPSA) is 108 Å². The van der Waals surface area contributed by atoms with E-state index in [1.807, 2.05) is 36.7 Å². The fourth-order valence-electron chi connectivity index (χ4n) is 2.77. The van der Waals surface area contributed by atoms with E-state index in [-0.39, 0.29) is 11.6 Å². The molecule has 0 saturated carbocycles.